The molecule has 88 valence electrons. The van der Waals surface area contributed by atoms with E-state index in [1.54, 1.807) is 0 Å². The van der Waals surface area contributed by atoms with E-state index in [4.69, 9.17) is 10.8 Å². The third-order valence-corrected chi connectivity index (χ3v) is 3.15. The maximum atomic E-state index is 9.09. The molecule has 1 aliphatic rings. The number of aliphatic hydroxyl groups is 1. The molecule has 1 fully saturated rings. The predicted octanol–water partition coefficient (Wildman–Crippen LogP) is 0.920. The van der Waals surface area contributed by atoms with Gasteiger partial charge in [-0.25, -0.2) is 0 Å². The van der Waals surface area contributed by atoms with Gasteiger partial charge < -0.3 is 15.7 Å². The minimum Gasteiger partial charge on any atom is -0.396 e. The normalized spacial score (nSPS) is 22.4. The zero-order valence-electron chi connectivity index (χ0n) is 9.63. The molecule has 0 spiro atoms. The summed E-state index contributed by atoms with van der Waals surface area (Å²) in [6.45, 7) is 4.14. The van der Waals surface area contributed by atoms with Crippen LogP contribution in [0.1, 0.15) is 25.1 Å². The van der Waals surface area contributed by atoms with Crippen molar-refractivity contribution < 1.29 is 5.11 Å². The summed E-state index contributed by atoms with van der Waals surface area (Å²) in [5.74, 6) is 0.410. The van der Waals surface area contributed by atoms with E-state index in [1.165, 1.54) is 0 Å². The zero-order valence-corrected chi connectivity index (χ0v) is 9.63. The van der Waals surface area contributed by atoms with Gasteiger partial charge in [-0.15, -0.1) is 0 Å². The number of anilines is 1. The summed E-state index contributed by atoms with van der Waals surface area (Å²) in [6, 6.07) is 4.02. The molecule has 0 amide bonds. The average molecular weight is 221 g/mol. The number of nitrogens with zero attached hydrogens (tertiary/aromatic N) is 2. The van der Waals surface area contributed by atoms with E-state index in [0.717, 1.165) is 30.9 Å². The summed E-state index contributed by atoms with van der Waals surface area (Å²) in [5, 5.41) is 9.09. The Kier molecular flexibility index (Phi) is 3.41. The molecule has 2 unspecified atom stereocenters. The molecule has 1 aromatic heterocycles. The molecule has 0 aromatic carbocycles. The maximum absolute atomic E-state index is 9.09. The van der Waals surface area contributed by atoms with E-state index in [9.17, 15) is 0 Å². The van der Waals surface area contributed by atoms with Gasteiger partial charge in [-0.1, -0.05) is 0 Å². The zero-order chi connectivity index (χ0) is 11.5. The van der Waals surface area contributed by atoms with Crippen molar-refractivity contribution in [2.24, 2.45) is 11.7 Å². The Morgan fingerprint density at radius 2 is 2.44 bits per heavy atom. The Morgan fingerprint density at radius 1 is 1.62 bits per heavy atom. The molecule has 4 nitrogen and oxygen atoms in total. The van der Waals surface area contributed by atoms with Crippen molar-refractivity contribution in [2.75, 3.05) is 24.6 Å². The standard InChI is InChI=1S/C12H19N3O/c1-9(13)12-3-2-11(6-14-12)15-5-4-10(7-15)8-16/h2-3,6,9-10,16H,4-5,7-8,13H2,1H3. The molecule has 0 bridgehead atoms. The van der Waals surface area contributed by atoms with Crippen molar-refractivity contribution in [3.8, 4) is 0 Å². The Labute approximate surface area is 96.1 Å². The molecule has 0 aliphatic carbocycles. The largest absolute Gasteiger partial charge is 0.396 e. The van der Waals surface area contributed by atoms with Crippen LogP contribution in [0.3, 0.4) is 0 Å². The van der Waals surface area contributed by atoms with Gasteiger partial charge in [-0.3, -0.25) is 4.98 Å². The third kappa shape index (κ3) is 2.33. The minimum absolute atomic E-state index is 0.0159. The molecule has 2 rings (SSSR count). The summed E-state index contributed by atoms with van der Waals surface area (Å²) >= 11 is 0. The van der Waals surface area contributed by atoms with Crippen LogP contribution in [0.4, 0.5) is 5.69 Å². The van der Waals surface area contributed by atoms with Crippen LogP contribution >= 0.6 is 0 Å². The Morgan fingerprint density at radius 3 is 2.94 bits per heavy atom. The fourth-order valence-corrected chi connectivity index (χ4v) is 2.07. The molecule has 2 atom stereocenters. The van der Waals surface area contributed by atoms with E-state index in [2.05, 4.69) is 16.0 Å². The second-order valence-electron chi connectivity index (χ2n) is 4.51. The van der Waals surface area contributed by atoms with Gasteiger partial charge in [0.1, 0.15) is 0 Å². The number of rotatable bonds is 3. The van der Waals surface area contributed by atoms with Gasteiger partial charge in [0, 0.05) is 31.7 Å². The molecule has 4 heteroatoms. The lowest BCUT2D eigenvalue weighted by Gasteiger charge is -2.18. The van der Waals surface area contributed by atoms with Crippen molar-refractivity contribution in [1.82, 2.24) is 4.98 Å². The molecule has 2 heterocycles. The van der Waals surface area contributed by atoms with Gasteiger partial charge >= 0.3 is 0 Å². The number of nitrogens with two attached hydrogens (primary N) is 1. The topological polar surface area (TPSA) is 62.4 Å². The maximum Gasteiger partial charge on any atom is 0.0569 e. The van der Waals surface area contributed by atoms with E-state index in [1.807, 2.05) is 19.2 Å². The van der Waals surface area contributed by atoms with Crippen LogP contribution in [0.2, 0.25) is 0 Å². The summed E-state index contributed by atoms with van der Waals surface area (Å²) in [5.41, 5.74) is 7.80. The molecular formula is C12H19N3O. The first kappa shape index (κ1) is 11.4. The highest BCUT2D eigenvalue weighted by atomic mass is 16.3. The Bertz CT molecular complexity index is 337. The van der Waals surface area contributed by atoms with E-state index in [0.29, 0.717) is 5.92 Å². The van der Waals surface area contributed by atoms with Crippen molar-refractivity contribution in [3.05, 3.63) is 24.0 Å². The first-order valence-electron chi connectivity index (χ1n) is 5.78. The summed E-state index contributed by atoms with van der Waals surface area (Å²) in [4.78, 5) is 6.61. The van der Waals surface area contributed by atoms with Gasteiger partial charge in [-0.2, -0.15) is 0 Å². The van der Waals surface area contributed by atoms with Gasteiger partial charge in [0.2, 0.25) is 0 Å². The fourth-order valence-electron chi connectivity index (χ4n) is 2.07. The highest BCUT2D eigenvalue weighted by Crippen LogP contribution is 2.23. The minimum atomic E-state index is -0.0159. The predicted molar refractivity (Wildman–Crippen MR) is 64.2 cm³/mol. The second-order valence-corrected chi connectivity index (χ2v) is 4.51. The molecular weight excluding hydrogens is 202 g/mol. The van der Waals surface area contributed by atoms with Crippen LogP contribution in [0.25, 0.3) is 0 Å². The van der Waals surface area contributed by atoms with Crippen LogP contribution in [-0.2, 0) is 0 Å². The van der Waals surface area contributed by atoms with Crippen LogP contribution in [0, 0.1) is 5.92 Å². The SMILES string of the molecule is CC(N)c1ccc(N2CCC(CO)C2)cn1. The Hall–Kier alpha value is -1.13. The van der Waals surface area contributed by atoms with Crippen molar-refractivity contribution in [1.29, 1.82) is 0 Å². The first-order chi connectivity index (χ1) is 7.70. The fraction of sp³-hybridized carbons (Fsp3) is 0.583. The molecule has 1 aromatic rings. The van der Waals surface area contributed by atoms with Crippen LogP contribution in [0.5, 0.6) is 0 Å². The molecule has 1 aliphatic heterocycles. The number of pyridine rings is 1. The van der Waals surface area contributed by atoms with Crippen LogP contribution in [0.15, 0.2) is 18.3 Å². The van der Waals surface area contributed by atoms with Crippen molar-refractivity contribution in [3.63, 3.8) is 0 Å². The Balaban J connectivity index is 2.05. The quantitative estimate of drug-likeness (QED) is 0.796. The van der Waals surface area contributed by atoms with E-state index < -0.39 is 0 Å². The van der Waals surface area contributed by atoms with Crippen LogP contribution < -0.4 is 10.6 Å². The van der Waals surface area contributed by atoms with E-state index in [-0.39, 0.29) is 12.6 Å². The molecule has 3 N–H and O–H groups in total. The number of hydrogen-bond donors (Lipinski definition) is 2. The second kappa shape index (κ2) is 4.80. The van der Waals surface area contributed by atoms with Gasteiger partial charge in [-0.05, 0) is 25.5 Å². The third-order valence-electron chi connectivity index (χ3n) is 3.15. The van der Waals surface area contributed by atoms with Gasteiger partial charge in [0.05, 0.1) is 17.6 Å². The average Bonchev–Trinajstić information content (AvgIpc) is 2.77. The molecule has 16 heavy (non-hydrogen) atoms. The number of hydrogen-bond acceptors (Lipinski definition) is 4. The lowest BCUT2D eigenvalue weighted by atomic mass is 10.1. The van der Waals surface area contributed by atoms with Gasteiger partial charge in [0.25, 0.3) is 0 Å². The summed E-state index contributed by atoms with van der Waals surface area (Å²) in [7, 11) is 0. The number of aliphatic hydroxyl groups excluding tert-OH is 1. The smallest absolute Gasteiger partial charge is 0.0569 e. The number of aromatic nitrogens is 1. The molecule has 1 saturated heterocycles. The summed E-state index contributed by atoms with van der Waals surface area (Å²) in [6.07, 6.45) is 2.93. The van der Waals surface area contributed by atoms with Crippen molar-refractivity contribution in [2.45, 2.75) is 19.4 Å². The van der Waals surface area contributed by atoms with Gasteiger partial charge in [0.15, 0.2) is 0 Å². The van der Waals surface area contributed by atoms with E-state index >= 15 is 0 Å². The molecule has 0 saturated carbocycles. The lowest BCUT2D eigenvalue weighted by Crippen LogP contribution is -2.21. The first-order valence-corrected chi connectivity index (χ1v) is 5.78. The monoisotopic (exact) mass is 221 g/mol. The highest BCUT2D eigenvalue weighted by Gasteiger charge is 2.21. The molecule has 0 radical (unpaired) electrons. The van der Waals surface area contributed by atoms with Crippen LogP contribution in [-0.4, -0.2) is 29.8 Å². The lowest BCUT2D eigenvalue weighted by molar-refractivity contribution is 0.238. The summed E-state index contributed by atoms with van der Waals surface area (Å²) < 4.78 is 0. The highest BCUT2D eigenvalue weighted by molar-refractivity contribution is 5.45. The van der Waals surface area contributed by atoms with Crippen molar-refractivity contribution >= 4 is 5.69 Å².